The van der Waals surface area contributed by atoms with E-state index in [9.17, 15) is 0 Å². The third kappa shape index (κ3) is 7.26. The van der Waals surface area contributed by atoms with Crippen molar-refractivity contribution in [3.05, 3.63) is 23.8 Å². The number of hydrogen-bond acceptors (Lipinski definition) is 3. The maximum Gasteiger partial charge on any atom is 0.231 e. The van der Waals surface area contributed by atoms with Gasteiger partial charge in [0.1, 0.15) is 0 Å². The van der Waals surface area contributed by atoms with Crippen molar-refractivity contribution in [2.24, 2.45) is 0 Å². The van der Waals surface area contributed by atoms with Crippen molar-refractivity contribution in [1.82, 2.24) is 0 Å². The monoisotopic (exact) mass is 320 g/mol. The summed E-state index contributed by atoms with van der Waals surface area (Å²) in [6.07, 6.45) is 13.6. The highest BCUT2D eigenvalue weighted by Crippen LogP contribution is 2.32. The van der Waals surface area contributed by atoms with Crippen LogP contribution >= 0.6 is 0 Å². The molecule has 23 heavy (non-hydrogen) atoms. The lowest BCUT2D eigenvalue weighted by molar-refractivity contribution is 0.116. The summed E-state index contributed by atoms with van der Waals surface area (Å²) in [6.45, 7) is 4.12. The van der Waals surface area contributed by atoms with E-state index in [0.717, 1.165) is 23.7 Å². The third-order valence-corrected chi connectivity index (χ3v) is 4.35. The van der Waals surface area contributed by atoms with Crippen LogP contribution in [-0.4, -0.2) is 13.4 Å². The molecule has 0 unspecified atom stereocenters. The van der Waals surface area contributed by atoms with Gasteiger partial charge in [0, 0.05) is 6.61 Å². The first-order valence-electron chi connectivity index (χ1n) is 9.36. The SMILES string of the molecule is CCCCCCCCCCCCOCc1ccc2c(c1)OCO2. The van der Waals surface area contributed by atoms with Crippen LogP contribution in [0.2, 0.25) is 0 Å². The molecule has 0 aromatic heterocycles. The number of benzene rings is 1. The first-order valence-corrected chi connectivity index (χ1v) is 9.36. The van der Waals surface area contributed by atoms with Crippen LogP contribution in [0.15, 0.2) is 18.2 Å². The summed E-state index contributed by atoms with van der Waals surface area (Å²) < 4.78 is 16.4. The molecular weight excluding hydrogens is 288 g/mol. The van der Waals surface area contributed by atoms with Crippen molar-refractivity contribution < 1.29 is 14.2 Å². The van der Waals surface area contributed by atoms with Gasteiger partial charge in [0.25, 0.3) is 0 Å². The van der Waals surface area contributed by atoms with E-state index in [1.807, 2.05) is 18.2 Å². The molecule has 0 fully saturated rings. The maximum absolute atomic E-state index is 5.76. The predicted molar refractivity (Wildman–Crippen MR) is 94.1 cm³/mol. The molecule has 2 rings (SSSR count). The molecule has 0 aliphatic carbocycles. The zero-order chi connectivity index (χ0) is 16.2. The van der Waals surface area contributed by atoms with Crippen LogP contribution in [0.25, 0.3) is 0 Å². The van der Waals surface area contributed by atoms with Crippen molar-refractivity contribution in [2.75, 3.05) is 13.4 Å². The molecule has 0 spiro atoms. The molecule has 0 radical (unpaired) electrons. The molecule has 0 saturated carbocycles. The molecule has 0 saturated heterocycles. The Morgan fingerprint density at radius 3 is 2.22 bits per heavy atom. The van der Waals surface area contributed by atoms with Gasteiger partial charge in [-0.1, -0.05) is 70.8 Å². The van der Waals surface area contributed by atoms with Crippen molar-refractivity contribution >= 4 is 0 Å². The lowest BCUT2D eigenvalue weighted by Gasteiger charge is -2.06. The summed E-state index contributed by atoms with van der Waals surface area (Å²) >= 11 is 0. The van der Waals surface area contributed by atoms with Gasteiger partial charge in [-0.15, -0.1) is 0 Å². The second kappa shape index (κ2) is 11.3. The molecule has 0 bridgehead atoms. The van der Waals surface area contributed by atoms with Gasteiger partial charge in [0.2, 0.25) is 6.79 Å². The Morgan fingerprint density at radius 1 is 0.826 bits per heavy atom. The van der Waals surface area contributed by atoms with Crippen molar-refractivity contribution in [3.8, 4) is 11.5 Å². The van der Waals surface area contributed by atoms with E-state index in [4.69, 9.17) is 14.2 Å². The molecule has 0 atom stereocenters. The average Bonchev–Trinajstić information content (AvgIpc) is 3.03. The van der Waals surface area contributed by atoms with Gasteiger partial charge in [-0.05, 0) is 24.1 Å². The van der Waals surface area contributed by atoms with Gasteiger partial charge >= 0.3 is 0 Å². The summed E-state index contributed by atoms with van der Waals surface area (Å²) in [4.78, 5) is 0. The standard InChI is InChI=1S/C20H32O3/c1-2-3-4-5-6-7-8-9-10-11-14-21-16-18-12-13-19-20(15-18)23-17-22-19/h12-13,15H,2-11,14,16-17H2,1H3. The fourth-order valence-electron chi connectivity index (χ4n) is 2.91. The maximum atomic E-state index is 5.76. The summed E-state index contributed by atoms with van der Waals surface area (Å²) in [6, 6.07) is 6.02. The number of rotatable bonds is 13. The second-order valence-corrected chi connectivity index (χ2v) is 6.42. The smallest absolute Gasteiger partial charge is 0.231 e. The highest BCUT2D eigenvalue weighted by molar-refractivity contribution is 5.44. The van der Waals surface area contributed by atoms with E-state index >= 15 is 0 Å². The zero-order valence-corrected chi connectivity index (χ0v) is 14.6. The lowest BCUT2D eigenvalue weighted by Crippen LogP contribution is -1.96. The Kier molecular flexibility index (Phi) is 8.93. The van der Waals surface area contributed by atoms with E-state index in [2.05, 4.69) is 6.92 Å². The highest BCUT2D eigenvalue weighted by atomic mass is 16.7. The molecule has 1 aromatic rings. The van der Waals surface area contributed by atoms with Gasteiger partial charge in [0.15, 0.2) is 11.5 Å². The number of ether oxygens (including phenoxy) is 3. The molecule has 0 N–H and O–H groups in total. The molecule has 1 aliphatic rings. The molecule has 130 valence electrons. The predicted octanol–water partition coefficient (Wildman–Crippen LogP) is 5.85. The van der Waals surface area contributed by atoms with Crippen LogP contribution < -0.4 is 9.47 Å². The first-order chi connectivity index (χ1) is 11.4. The highest BCUT2D eigenvalue weighted by Gasteiger charge is 2.12. The summed E-state index contributed by atoms with van der Waals surface area (Å²) in [7, 11) is 0. The Labute approximate surface area is 141 Å². The van der Waals surface area contributed by atoms with Crippen LogP contribution in [0.4, 0.5) is 0 Å². The Hall–Kier alpha value is -1.22. The molecule has 1 aliphatic heterocycles. The quantitative estimate of drug-likeness (QED) is 0.426. The van der Waals surface area contributed by atoms with Crippen LogP contribution in [0.5, 0.6) is 11.5 Å². The lowest BCUT2D eigenvalue weighted by atomic mass is 10.1. The molecule has 1 heterocycles. The summed E-state index contributed by atoms with van der Waals surface area (Å²) in [5, 5.41) is 0. The topological polar surface area (TPSA) is 27.7 Å². The molecular formula is C20H32O3. The van der Waals surface area contributed by atoms with E-state index in [1.54, 1.807) is 0 Å². The molecule has 0 amide bonds. The first kappa shape index (κ1) is 18.1. The number of unbranched alkanes of at least 4 members (excludes halogenated alkanes) is 9. The van der Waals surface area contributed by atoms with E-state index in [0.29, 0.717) is 13.4 Å². The Morgan fingerprint density at radius 2 is 1.48 bits per heavy atom. The number of hydrogen-bond donors (Lipinski definition) is 0. The normalized spacial score (nSPS) is 12.7. The third-order valence-electron chi connectivity index (χ3n) is 4.35. The van der Waals surface area contributed by atoms with E-state index in [-0.39, 0.29) is 0 Å². The van der Waals surface area contributed by atoms with Crippen LogP contribution in [0.3, 0.4) is 0 Å². The van der Waals surface area contributed by atoms with Gasteiger partial charge in [-0.25, -0.2) is 0 Å². The molecule has 1 aromatic carbocycles. The second-order valence-electron chi connectivity index (χ2n) is 6.42. The zero-order valence-electron chi connectivity index (χ0n) is 14.6. The van der Waals surface area contributed by atoms with Crippen molar-refractivity contribution in [3.63, 3.8) is 0 Å². The van der Waals surface area contributed by atoms with E-state index < -0.39 is 0 Å². The molecule has 3 nitrogen and oxygen atoms in total. The minimum absolute atomic E-state index is 0.332. The van der Waals surface area contributed by atoms with Crippen LogP contribution in [0, 0.1) is 0 Å². The minimum Gasteiger partial charge on any atom is -0.454 e. The van der Waals surface area contributed by atoms with Crippen molar-refractivity contribution in [1.29, 1.82) is 0 Å². The fourth-order valence-corrected chi connectivity index (χ4v) is 2.91. The average molecular weight is 320 g/mol. The minimum atomic E-state index is 0.332. The Balaban J connectivity index is 1.40. The summed E-state index contributed by atoms with van der Waals surface area (Å²) in [5.74, 6) is 1.67. The van der Waals surface area contributed by atoms with Gasteiger partial charge < -0.3 is 14.2 Å². The van der Waals surface area contributed by atoms with E-state index in [1.165, 1.54) is 64.2 Å². The van der Waals surface area contributed by atoms with Gasteiger partial charge in [0.05, 0.1) is 6.61 Å². The Bertz CT molecular complexity index is 431. The van der Waals surface area contributed by atoms with Crippen LogP contribution in [-0.2, 0) is 11.3 Å². The largest absolute Gasteiger partial charge is 0.454 e. The fraction of sp³-hybridized carbons (Fsp3) is 0.700. The van der Waals surface area contributed by atoms with Gasteiger partial charge in [-0.2, -0.15) is 0 Å². The summed E-state index contributed by atoms with van der Waals surface area (Å²) in [5.41, 5.74) is 1.15. The van der Waals surface area contributed by atoms with Crippen LogP contribution in [0.1, 0.15) is 76.7 Å². The van der Waals surface area contributed by atoms with Crippen molar-refractivity contribution in [2.45, 2.75) is 77.7 Å². The van der Waals surface area contributed by atoms with Gasteiger partial charge in [-0.3, -0.25) is 0 Å². The molecule has 3 heteroatoms. The number of fused-ring (bicyclic) bond motifs is 1.